The van der Waals surface area contributed by atoms with Crippen molar-refractivity contribution in [3.8, 4) is 11.1 Å². The lowest BCUT2D eigenvalue weighted by atomic mass is 9.84. The Labute approximate surface area is 270 Å². The SMILES string of the molecule is COC1CN(CCc2cn(C(CC(C)C)C(=O)C[C@@H](CC(=O)O)c3cc(-c4c(C)cccc4C)cc(C)c3F)c(=O)c(F)c2C)C1. The van der Waals surface area contributed by atoms with Crippen LogP contribution in [0.4, 0.5) is 8.78 Å². The van der Waals surface area contributed by atoms with Gasteiger partial charge in [-0.1, -0.05) is 32.0 Å². The molecule has 2 atom stereocenters. The highest BCUT2D eigenvalue weighted by Crippen LogP contribution is 2.36. The van der Waals surface area contributed by atoms with Gasteiger partial charge in [0.05, 0.1) is 18.6 Å². The van der Waals surface area contributed by atoms with Gasteiger partial charge in [0.1, 0.15) is 5.82 Å². The summed E-state index contributed by atoms with van der Waals surface area (Å²) in [7, 11) is 1.67. The zero-order valence-corrected chi connectivity index (χ0v) is 28.0. The number of methoxy groups -OCH3 is 1. The Hall–Kier alpha value is -3.69. The Bertz CT molecular complexity index is 1640. The topological polar surface area (TPSA) is 88.8 Å². The van der Waals surface area contributed by atoms with Gasteiger partial charge in [0.15, 0.2) is 11.6 Å². The fourth-order valence-electron chi connectivity index (χ4n) is 6.59. The van der Waals surface area contributed by atoms with Crippen molar-refractivity contribution in [2.75, 3.05) is 26.7 Å². The first kappa shape index (κ1) is 35.2. The molecule has 0 aliphatic carbocycles. The lowest BCUT2D eigenvalue weighted by molar-refractivity contribution is -0.137. The number of aliphatic carboxylic acids is 1. The van der Waals surface area contributed by atoms with Gasteiger partial charge in [0, 0.05) is 45.3 Å². The zero-order valence-electron chi connectivity index (χ0n) is 28.0. The number of ketones is 1. The van der Waals surface area contributed by atoms with Crippen LogP contribution in [0, 0.1) is 45.2 Å². The summed E-state index contributed by atoms with van der Waals surface area (Å²) in [6, 6.07) is 8.21. The molecule has 1 aliphatic heterocycles. The minimum atomic E-state index is -1.17. The molecule has 0 bridgehead atoms. The molecule has 248 valence electrons. The normalized spacial score (nSPS) is 15.2. The summed E-state index contributed by atoms with van der Waals surface area (Å²) < 4.78 is 37.7. The van der Waals surface area contributed by atoms with Gasteiger partial charge < -0.3 is 14.4 Å². The molecule has 1 N–H and O–H groups in total. The molecule has 7 nitrogen and oxygen atoms in total. The van der Waals surface area contributed by atoms with E-state index in [4.69, 9.17) is 4.74 Å². The fraction of sp³-hybridized carbons (Fsp3) is 0.486. The van der Waals surface area contributed by atoms with Crippen molar-refractivity contribution in [3.63, 3.8) is 0 Å². The van der Waals surface area contributed by atoms with Crippen LogP contribution < -0.4 is 5.56 Å². The molecular formula is C37H46F2N2O5. The van der Waals surface area contributed by atoms with Crippen molar-refractivity contribution in [3.05, 3.63) is 91.9 Å². The van der Waals surface area contributed by atoms with Gasteiger partial charge in [0.2, 0.25) is 0 Å². The average molecular weight is 637 g/mol. The summed E-state index contributed by atoms with van der Waals surface area (Å²) in [6.07, 6.45) is 1.68. The minimum absolute atomic E-state index is 0.0370. The maximum absolute atomic E-state index is 15.8. The number of hydrogen-bond donors (Lipinski definition) is 1. The van der Waals surface area contributed by atoms with Crippen LogP contribution >= 0.6 is 0 Å². The third-order valence-electron chi connectivity index (χ3n) is 9.25. The first-order valence-corrected chi connectivity index (χ1v) is 16.0. The number of hydrogen-bond acceptors (Lipinski definition) is 5. The van der Waals surface area contributed by atoms with E-state index in [0.29, 0.717) is 24.1 Å². The van der Waals surface area contributed by atoms with Crippen molar-refractivity contribution in [2.45, 2.75) is 85.3 Å². The maximum Gasteiger partial charge on any atom is 0.303 e. The molecule has 1 unspecified atom stereocenters. The molecule has 4 rings (SSSR count). The lowest BCUT2D eigenvalue weighted by Gasteiger charge is -2.38. The van der Waals surface area contributed by atoms with E-state index in [0.717, 1.165) is 35.3 Å². The number of ether oxygens (including phenoxy) is 1. The number of aryl methyl sites for hydroxylation is 3. The Morgan fingerprint density at radius 1 is 1.00 bits per heavy atom. The number of carboxylic acid groups (broad SMARTS) is 1. The smallest absolute Gasteiger partial charge is 0.303 e. The summed E-state index contributed by atoms with van der Waals surface area (Å²) in [4.78, 5) is 41.7. The summed E-state index contributed by atoms with van der Waals surface area (Å²) in [5.74, 6) is -4.09. The summed E-state index contributed by atoms with van der Waals surface area (Å²) >= 11 is 0. The summed E-state index contributed by atoms with van der Waals surface area (Å²) in [5.41, 5.74) is 4.13. The quantitative estimate of drug-likeness (QED) is 0.212. The minimum Gasteiger partial charge on any atom is -0.481 e. The van der Waals surface area contributed by atoms with E-state index in [1.165, 1.54) is 4.57 Å². The van der Waals surface area contributed by atoms with Crippen LogP contribution in [0.1, 0.15) is 78.5 Å². The Morgan fingerprint density at radius 3 is 2.24 bits per heavy atom. The first-order chi connectivity index (χ1) is 21.7. The van der Waals surface area contributed by atoms with E-state index >= 15 is 8.78 Å². The van der Waals surface area contributed by atoms with Gasteiger partial charge in [-0.05, 0) is 103 Å². The number of carbonyl (C=O) groups excluding carboxylic acids is 1. The highest BCUT2D eigenvalue weighted by atomic mass is 19.1. The fourth-order valence-corrected chi connectivity index (χ4v) is 6.59. The predicted octanol–water partition coefficient (Wildman–Crippen LogP) is 6.71. The average Bonchev–Trinajstić information content (AvgIpc) is 2.96. The maximum atomic E-state index is 15.8. The van der Waals surface area contributed by atoms with Crippen LogP contribution in [0.5, 0.6) is 0 Å². The van der Waals surface area contributed by atoms with Crippen LogP contribution in [0.15, 0.2) is 41.3 Å². The molecule has 0 radical (unpaired) electrons. The van der Waals surface area contributed by atoms with E-state index in [1.807, 2.05) is 45.9 Å². The van der Waals surface area contributed by atoms with E-state index in [9.17, 15) is 19.5 Å². The van der Waals surface area contributed by atoms with Crippen LogP contribution in [-0.2, 0) is 20.7 Å². The number of nitrogens with zero attached hydrogens (tertiary/aromatic N) is 2. The number of halogens is 2. The second-order valence-electron chi connectivity index (χ2n) is 13.2. The van der Waals surface area contributed by atoms with Crippen LogP contribution in [0.2, 0.25) is 0 Å². The number of likely N-dealkylation sites (tertiary alicyclic amines) is 1. The van der Waals surface area contributed by atoms with Crippen molar-refractivity contribution in [1.29, 1.82) is 0 Å². The van der Waals surface area contributed by atoms with Crippen molar-refractivity contribution < 1.29 is 28.2 Å². The standard InChI is InChI=1S/C37H46F2N2O5/c1-21(2)13-31(41-18-26(25(6)36(39)37(41)45)11-12-40-19-29(20-40)46-7)32(42)16-27(17-33(43)44)30-15-28(14-24(5)35(30)38)34-22(3)9-8-10-23(34)4/h8-10,14-15,18,21,27,29,31H,11-13,16-17,19-20H2,1-7H3,(H,43,44)/t27-,31?/m0/s1. The van der Waals surface area contributed by atoms with Crippen molar-refractivity contribution in [2.24, 2.45) is 5.92 Å². The van der Waals surface area contributed by atoms with Gasteiger partial charge in [-0.3, -0.25) is 19.3 Å². The Balaban J connectivity index is 1.72. The molecule has 0 spiro atoms. The van der Waals surface area contributed by atoms with Crippen LogP contribution in [0.25, 0.3) is 11.1 Å². The van der Waals surface area contributed by atoms with Gasteiger partial charge in [-0.2, -0.15) is 0 Å². The summed E-state index contributed by atoms with van der Waals surface area (Å²) in [6.45, 7) is 13.1. The summed E-state index contributed by atoms with van der Waals surface area (Å²) in [5, 5.41) is 9.85. The second-order valence-corrected chi connectivity index (χ2v) is 13.2. The number of Topliss-reactive ketones (excluding diaryl/α,β-unsaturated/α-hetero) is 1. The Kier molecular flexibility index (Phi) is 11.3. The van der Waals surface area contributed by atoms with Crippen molar-refractivity contribution in [1.82, 2.24) is 9.47 Å². The van der Waals surface area contributed by atoms with Crippen LogP contribution in [0.3, 0.4) is 0 Å². The largest absolute Gasteiger partial charge is 0.481 e. The third kappa shape index (κ3) is 7.81. The highest BCUT2D eigenvalue weighted by Gasteiger charge is 2.31. The molecule has 2 aromatic carbocycles. The number of benzene rings is 2. The second kappa shape index (κ2) is 14.8. The van der Waals surface area contributed by atoms with E-state index in [1.54, 1.807) is 39.3 Å². The molecule has 9 heteroatoms. The molecule has 1 aliphatic rings. The molecule has 1 aromatic heterocycles. The molecule has 0 amide bonds. The third-order valence-corrected chi connectivity index (χ3v) is 9.25. The number of carboxylic acids is 1. The van der Waals surface area contributed by atoms with E-state index in [2.05, 4.69) is 4.90 Å². The molecule has 46 heavy (non-hydrogen) atoms. The van der Waals surface area contributed by atoms with Gasteiger partial charge >= 0.3 is 5.97 Å². The number of pyridine rings is 1. The first-order valence-electron chi connectivity index (χ1n) is 16.0. The number of carbonyl (C=O) groups is 2. The van der Waals surface area contributed by atoms with E-state index in [-0.39, 0.29) is 36.0 Å². The van der Waals surface area contributed by atoms with Gasteiger partial charge in [-0.15, -0.1) is 0 Å². The lowest BCUT2D eigenvalue weighted by Crippen LogP contribution is -2.52. The molecule has 3 aromatic rings. The van der Waals surface area contributed by atoms with Gasteiger partial charge in [0.25, 0.3) is 5.56 Å². The number of rotatable bonds is 14. The predicted molar refractivity (Wildman–Crippen MR) is 175 cm³/mol. The molecule has 0 saturated carbocycles. The molecule has 1 saturated heterocycles. The highest BCUT2D eigenvalue weighted by molar-refractivity contribution is 5.84. The van der Waals surface area contributed by atoms with Crippen molar-refractivity contribution >= 4 is 11.8 Å². The molecule has 1 fully saturated rings. The Morgan fingerprint density at radius 2 is 1.65 bits per heavy atom. The molecular weight excluding hydrogens is 590 g/mol. The van der Waals surface area contributed by atoms with Crippen LogP contribution in [-0.4, -0.2) is 59.2 Å². The zero-order chi connectivity index (χ0) is 33.9. The van der Waals surface area contributed by atoms with E-state index < -0.39 is 47.3 Å². The monoisotopic (exact) mass is 636 g/mol. The number of aromatic nitrogens is 1. The molecule has 2 heterocycles. The van der Waals surface area contributed by atoms with Gasteiger partial charge in [-0.25, -0.2) is 8.78 Å².